The molecule has 2 aliphatic rings. The first-order chi connectivity index (χ1) is 7.78. The quantitative estimate of drug-likeness (QED) is 0.715. The zero-order chi connectivity index (χ0) is 11.4. The lowest BCUT2D eigenvalue weighted by Crippen LogP contribution is -2.40. The molecule has 3 heteroatoms. The number of piperidine rings is 1. The molecule has 1 aliphatic heterocycles. The summed E-state index contributed by atoms with van der Waals surface area (Å²) in [5.41, 5.74) is 0.368. The molecule has 0 aromatic rings. The minimum Gasteiger partial charge on any atom is -0.378 e. The van der Waals surface area contributed by atoms with Gasteiger partial charge < -0.3 is 9.64 Å². The number of likely N-dealkylation sites (tertiary alicyclic amines) is 1. The summed E-state index contributed by atoms with van der Waals surface area (Å²) in [5, 5.41) is 8.79. The molecule has 2 rings (SSSR count). The Labute approximate surface area is 98.4 Å². The largest absolute Gasteiger partial charge is 0.378 e. The Morgan fingerprint density at radius 2 is 2.06 bits per heavy atom. The van der Waals surface area contributed by atoms with Crippen LogP contribution in [0, 0.1) is 16.7 Å². The molecule has 0 atom stereocenters. The Morgan fingerprint density at radius 3 is 2.56 bits per heavy atom. The number of nitriles is 1. The summed E-state index contributed by atoms with van der Waals surface area (Å²) in [4.78, 5) is 2.53. The van der Waals surface area contributed by atoms with Crippen LogP contribution in [0.15, 0.2) is 0 Å². The van der Waals surface area contributed by atoms with Crippen molar-refractivity contribution in [2.75, 3.05) is 26.2 Å². The van der Waals surface area contributed by atoms with Crippen LogP contribution in [0.2, 0.25) is 0 Å². The Morgan fingerprint density at radius 1 is 1.38 bits per heavy atom. The van der Waals surface area contributed by atoms with E-state index in [4.69, 9.17) is 10.00 Å². The van der Waals surface area contributed by atoms with Crippen molar-refractivity contribution >= 4 is 0 Å². The van der Waals surface area contributed by atoms with E-state index in [0.717, 1.165) is 45.5 Å². The zero-order valence-corrected chi connectivity index (χ0v) is 10.2. The van der Waals surface area contributed by atoms with Crippen LogP contribution in [-0.4, -0.2) is 37.2 Å². The van der Waals surface area contributed by atoms with E-state index in [1.165, 1.54) is 12.8 Å². The van der Waals surface area contributed by atoms with E-state index in [1.54, 1.807) is 0 Å². The third-order valence-corrected chi connectivity index (χ3v) is 3.91. The molecule has 0 amide bonds. The summed E-state index contributed by atoms with van der Waals surface area (Å²) >= 11 is 0. The Hall–Kier alpha value is -0.590. The fourth-order valence-corrected chi connectivity index (χ4v) is 2.68. The van der Waals surface area contributed by atoms with Gasteiger partial charge in [-0.1, -0.05) is 0 Å². The molecule has 90 valence electrons. The number of ether oxygens (including phenoxy) is 1. The van der Waals surface area contributed by atoms with E-state index in [1.807, 2.05) is 0 Å². The molecular formula is C13H22N2O. The molecule has 0 N–H and O–H groups in total. The van der Waals surface area contributed by atoms with E-state index in [-0.39, 0.29) is 0 Å². The third-order valence-electron chi connectivity index (χ3n) is 3.91. The predicted molar refractivity (Wildman–Crippen MR) is 63.0 cm³/mol. The summed E-state index contributed by atoms with van der Waals surface area (Å²) in [7, 11) is 0. The second-order valence-electron chi connectivity index (χ2n) is 5.27. The van der Waals surface area contributed by atoms with Crippen molar-refractivity contribution in [1.29, 1.82) is 5.26 Å². The molecule has 2 fully saturated rings. The van der Waals surface area contributed by atoms with Gasteiger partial charge in [0, 0.05) is 32.7 Å². The molecule has 1 heterocycles. The van der Waals surface area contributed by atoms with Crippen LogP contribution in [0.5, 0.6) is 0 Å². The molecule has 0 bridgehead atoms. The topological polar surface area (TPSA) is 36.3 Å². The summed E-state index contributed by atoms with van der Waals surface area (Å²) in [6, 6.07) is 2.34. The molecule has 1 aliphatic carbocycles. The van der Waals surface area contributed by atoms with E-state index in [2.05, 4.69) is 17.9 Å². The fourth-order valence-electron chi connectivity index (χ4n) is 2.68. The lowest BCUT2D eigenvalue weighted by atomic mass is 10.00. The van der Waals surface area contributed by atoms with Crippen molar-refractivity contribution in [3.63, 3.8) is 0 Å². The molecule has 1 saturated carbocycles. The smallest absolute Gasteiger partial charge is 0.0628 e. The molecule has 0 aromatic carbocycles. The molecule has 1 saturated heterocycles. The lowest BCUT2D eigenvalue weighted by Gasteiger charge is -2.33. The SMILES string of the molecule is CCOC1CCN(CC2(CC#N)CC2)CC1. The maximum absolute atomic E-state index is 8.79. The Kier molecular flexibility index (Phi) is 3.83. The van der Waals surface area contributed by atoms with E-state index in [0.29, 0.717) is 11.5 Å². The molecule has 16 heavy (non-hydrogen) atoms. The monoisotopic (exact) mass is 222 g/mol. The van der Waals surface area contributed by atoms with Gasteiger partial charge in [0.1, 0.15) is 0 Å². The zero-order valence-electron chi connectivity index (χ0n) is 10.2. The number of hydrogen-bond acceptors (Lipinski definition) is 3. The van der Waals surface area contributed by atoms with Gasteiger partial charge in [-0.2, -0.15) is 5.26 Å². The molecule has 0 unspecified atom stereocenters. The van der Waals surface area contributed by atoms with Crippen LogP contribution in [0.3, 0.4) is 0 Å². The first kappa shape index (κ1) is 11.9. The Balaban J connectivity index is 1.71. The average Bonchev–Trinajstić information content (AvgIpc) is 3.02. The number of nitrogens with zero attached hydrogens (tertiary/aromatic N) is 2. The average molecular weight is 222 g/mol. The van der Waals surface area contributed by atoms with Gasteiger partial charge in [-0.15, -0.1) is 0 Å². The second kappa shape index (κ2) is 5.16. The minimum absolute atomic E-state index is 0.368. The van der Waals surface area contributed by atoms with Crippen molar-refractivity contribution in [3.8, 4) is 6.07 Å². The third kappa shape index (κ3) is 2.96. The molecule has 0 radical (unpaired) electrons. The van der Waals surface area contributed by atoms with Gasteiger partial charge in [0.2, 0.25) is 0 Å². The van der Waals surface area contributed by atoms with Crippen molar-refractivity contribution in [2.45, 2.75) is 45.1 Å². The van der Waals surface area contributed by atoms with Crippen LogP contribution in [-0.2, 0) is 4.74 Å². The standard InChI is InChI=1S/C13H22N2O/c1-2-16-12-3-9-15(10-4-12)11-13(5-6-13)7-8-14/h12H,2-7,9-11H2,1H3. The highest BCUT2D eigenvalue weighted by molar-refractivity contribution is 5.01. The number of hydrogen-bond donors (Lipinski definition) is 0. The maximum Gasteiger partial charge on any atom is 0.0628 e. The van der Waals surface area contributed by atoms with Crippen LogP contribution in [0.4, 0.5) is 0 Å². The van der Waals surface area contributed by atoms with Crippen LogP contribution in [0.1, 0.15) is 39.0 Å². The van der Waals surface area contributed by atoms with Gasteiger partial charge in [0.15, 0.2) is 0 Å². The van der Waals surface area contributed by atoms with Gasteiger partial charge in [-0.25, -0.2) is 0 Å². The van der Waals surface area contributed by atoms with Gasteiger partial charge in [-0.05, 0) is 38.0 Å². The minimum atomic E-state index is 0.368. The van der Waals surface area contributed by atoms with Crippen molar-refractivity contribution < 1.29 is 4.74 Å². The van der Waals surface area contributed by atoms with Gasteiger partial charge >= 0.3 is 0 Å². The van der Waals surface area contributed by atoms with Crippen molar-refractivity contribution in [2.24, 2.45) is 5.41 Å². The van der Waals surface area contributed by atoms with Crippen LogP contribution >= 0.6 is 0 Å². The summed E-state index contributed by atoms with van der Waals surface area (Å²) in [6.07, 6.45) is 6.07. The van der Waals surface area contributed by atoms with E-state index >= 15 is 0 Å². The molecule has 0 spiro atoms. The van der Waals surface area contributed by atoms with Crippen molar-refractivity contribution in [3.05, 3.63) is 0 Å². The highest BCUT2D eigenvalue weighted by Crippen LogP contribution is 2.49. The maximum atomic E-state index is 8.79. The summed E-state index contributed by atoms with van der Waals surface area (Å²) in [6.45, 7) is 6.34. The van der Waals surface area contributed by atoms with Crippen LogP contribution in [0.25, 0.3) is 0 Å². The Bertz CT molecular complexity index is 260. The van der Waals surface area contributed by atoms with Gasteiger partial charge in [0.05, 0.1) is 12.2 Å². The highest BCUT2D eigenvalue weighted by atomic mass is 16.5. The normalized spacial score (nSPS) is 25.2. The van der Waals surface area contributed by atoms with Gasteiger partial charge in [0.25, 0.3) is 0 Å². The van der Waals surface area contributed by atoms with Crippen molar-refractivity contribution in [1.82, 2.24) is 4.90 Å². The first-order valence-electron chi connectivity index (χ1n) is 6.49. The van der Waals surface area contributed by atoms with Crippen LogP contribution < -0.4 is 0 Å². The summed E-state index contributed by atoms with van der Waals surface area (Å²) in [5.74, 6) is 0. The number of rotatable bonds is 5. The van der Waals surface area contributed by atoms with E-state index in [9.17, 15) is 0 Å². The first-order valence-corrected chi connectivity index (χ1v) is 6.49. The fraction of sp³-hybridized carbons (Fsp3) is 0.923. The molecule has 3 nitrogen and oxygen atoms in total. The second-order valence-corrected chi connectivity index (χ2v) is 5.27. The molecule has 0 aromatic heterocycles. The summed E-state index contributed by atoms with van der Waals surface area (Å²) < 4.78 is 5.65. The predicted octanol–water partition coefficient (Wildman–Crippen LogP) is 2.18. The molecular weight excluding hydrogens is 200 g/mol. The lowest BCUT2D eigenvalue weighted by molar-refractivity contribution is 0.0101. The highest BCUT2D eigenvalue weighted by Gasteiger charge is 2.43. The van der Waals surface area contributed by atoms with E-state index < -0.39 is 0 Å². The van der Waals surface area contributed by atoms with Gasteiger partial charge in [-0.3, -0.25) is 0 Å².